The Morgan fingerprint density at radius 1 is 1.03 bits per heavy atom. The number of halogens is 1. The quantitative estimate of drug-likeness (QED) is 0.231. The van der Waals surface area contributed by atoms with E-state index in [1.165, 1.54) is 12.1 Å². The summed E-state index contributed by atoms with van der Waals surface area (Å²) in [6.45, 7) is 6.86. The number of hydrogen-bond acceptors (Lipinski definition) is 3. The fraction of sp³-hybridized carbons (Fsp3) is 0.200. The summed E-state index contributed by atoms with van der Waals surface area (Å²) in [6, 6.07) is 19.7. The second kappa shape index (κ2) is 11.5. The molecule has 1 aliphatic heterocycles. The first kappa shape index (κ1) is 24.9. The molecule has 0 fully saturated rings. The van der Waals surface area contributed by atoms with Crippen LogP contribution >= 0.6 is 0 Å². The topological polar surface area (TPSA) is 70.2 Å². The fourth-order valence-electron chi connectivity index (χ4n) is 4.11. The van der Waals surface area contributed by atoms with E-state index in [4.69, 9.17) is 0 Å². The van der Waals surface area contributed by atoms with Crippen molar-refractivity contribution in [3.8, 4) is 0 Å². The molecule has 4 rings (SSSR count). The monoisotopic (exact) mass is 483 g/mol. The van der Waals surface area contributed by atoms with Crippen LogP contribution in [-0.2, 0) is 9.59 Å². The summed E-state index contributed by atoms with van der Waals surface area (Å²) < 4.78 is 13.6. The number of carbonyl (C=O) groups excluding carboxylic acids is 2. The van der Waals surface area contributed by atoms with Crippen LogP contribution in [0.25, 0.3) is 17.3 Å². The van der Waals surface area contributed by atoms with Crippen LogP contribution in [0.1, 0.15) is 47.9 Å². The molecule has 0 unspecified atom stereocenters. The minimum absolute atomic E-state index is 0.0421. The number of nitrogens with one attached hydrogen (secondary N) is 3. The van der Waals surface area contributed by atoms with Gasteiger partial charge in [-0.2, -0.15) is 0 Å². The van der Waals surface area contributed by atoms with Crippen LogP contribution in [0.5, 0.6) is 0 Å². The number of amides is 2. The Kier molecular flexibility index (Phi) is 7.95. The van der Waals surface area contributed by atoms with Crippen molar-refractivity contribution in [1.29, 1.82) is 0 Å². The van der Waals surface area contributed by atoms with E-state index in [0.29, 0.717) is 23.2 Å². The highest BCUT2D eigenvalue weighted by atomic mass is 19.1. The first-order valence-electron chi connectivity index (χ1n) is 12.1. The smallest absolute Gasteiger partial charge is 0.256 e. The molecule has 0 aliphatic carbocycles. The van der Waals surface area contributed by atoms with E-state index in [9.17, 15) is 14.0 Å². The van der Waals surface area contributed by atoms with E-state index in [2.05, 4.69) is 22.5 Å². The van der Waals surface area contributed by atoms with Gasteiger partial charge in [-0.3, -0.25) is 9.59 Å². The van der Waals surface area contributed by atoms with E-state index in [1.54, 1.807) is 12.1 Å². The second-order valence-electron chi connectivity index (χ2n) is 8.90. The number of fused-ring (bicyclic) bond motifs is 1. The van der Waals surface area contributed by atoms with Crippen molar-refractivity contribution in [1.82, 2.24) is 5.32 Å². The summed E-state index contributed by atoms with van der Waals surface area (Å²) in [6.07, 6.45) is 4.97. The fourth-order valence-corrected chi connectivity index (χ4v) is 4.11. The number of unbranched alkanes of at least 4 members (excludes halogenated alkanes) is 2. The van der Waals surface area contributed by atoms with E-state index in [1.807, 2.05) is 55.5 Å². The zero-order valence-electron chi connectivity index (χ0n) is 20.4. The third-order valence-corrected chi connectivity index (χ3v) is 6.17. The molecule has 0 saturated heterocycles. The highest BCUT2D eigenvalue weighted by molar-refractivity contribution is 6.34. The molecule has 3 aromatic carbocycles. The average Bonchev–Trinajstić information content (AvgIpc) is 3.17. The maximum Gasteiger partial charge on any atom is 0.256 e. The minimum Gasteiger partial charge on any atom is -0.385 e. The van der Waals surface area contributed by atoms with E-state index in [0.717, 1.165) is 53.9 Å². The highest BCUT2D eigenvalue weighted by Gasteiger charge is 2.24. The Bertz CT molecular complexity index is 1310. The molecule has 0 aromatic heterocycles. The summed E-state index contributed by atoms with van der Waals surface area (Å²) in [5, 5.41) is 9.06. The summed E-state index contributed by atoms with van der Waals surface area (Å²) in [7, 11) is 0. The molecule has 0 radical (unpaired) electrons. The van der Waals surface area contributed by atoms with Crippen molar-refractivity contribution in [2.45, 2.75) is 32.6 Å². The van der Waals surface area contributed by atoms with E-state index in [-0.39, 0.29) is 17.6 Å². The number of aryl methyl sites for hydroxylation is 1. The SMILES string of the molecule is C=C(NCCCCCC(=O)Nc1ccccc1C)c1ccc(/C=C2\C(=O)Nc3ccc(F)cc32)cc1. The van der Waals surface area contributed by atoms with Crippen molar-refractivity contribution < 1.29 is 14.0 Å². The zero-order chi connectivity index (χ0) is 25.5. The predicted molar refractivity (Wildman–Crippen MR) is 145 cm³/mol. The van der Waals surface area contributed by atoms with Crippen LogP contribution in [0, 0.1) is 12.7 Å². The van der Waals surface area contributed by atoms with Gasteiger partial charge in [0, 0.05) is 41.2 Å². The number of rotatable bonds is 10. The number of benzene rings is 3. The molecule has 2 amide bonds. The van der Waals surface area contributed by atoms with Crippen LogP contribution in [0.3, 0.4) is 0 Å². The van der Waals surface area contributed by atoms with Gasteiger partial charge in [-0.05, 0) is 66.8 Å². The Morgan fingerprint density at radius 2 is 1.81 bits per heavy atom. The lowest BCUT2D eigenvalue weighted by atomic mass is 10.0. The molecular formula is C30H30FN3O2. The van der Waals surface area contributed by atoms with Gasteiger partial charge in [-0.25, -0.2) is 4.39 Å². The van der Waals surface area contributed by atoms with Gasteiger partial charge >= 0.3 is 0 Å². The Hall–Kier alpha value is -4.19. The number of carbonyl (C=O) groups is 2. The van der Waals surface area contributed by atoms with Gasteiger partial charge < -0.3 is 16.0 Å². The Labute approximate surface area is 211 Å². The molecule has 184 valence electrons. The maximum atomic E-state index is 13.6. The summed E-state index contributed by atoms with van der Waals surface area (Å²) in [5.74, 6) is -0.571. The van der Waals surface area contributed by atoms with Gasteiger partial charge in [0.05, 0.1) is 0 Å². The van der Waals surface area contributed by atoms with Gasteiger partial charge in [0.2, 0.25) is 5.91 Å². The number of hydrogen-bond donors (Lipinski definition) is 3. The highest BCUT2D eigenvalue weighted by Crippen LogP contribution is 2.33. The standard InChI is InChI=1S/C30H30FN3O2/c1-20-8-5-6-9-27(20)33-29(35)10-4-3-7-17-32-21(2)23-13-11-22(12-14-23)18-26-25-19-24(31)15-16-28(25)34-30(26)36/h5-6,8-9,11-16,18-19,32H,2-4,7,10,17H2,1H3,(H,33,35)(H,34,36)/b26-18-. The van der Waals surface area contributed by atoms with E-state index >= 15 is 0 Å². The lowest BCUT2D eigenvalue weighted by Crippen LogP contribution is -2.14. The predicted octanol–water partition coefficient (Wildman–Crippen LogP) is 6.39. The first-order chi connectivity index (χ1) is 17.4. The molecule has 5 nitrogen and oxygen atoms in total. The van der Waals surface area contributed by atoms with Gasteiger partial charge in [0.25, 0.3) is 5.91 Å². The van der Waals surface area contributed by atoms with Crippen molar-refractivity contribution in [3.63, 3.8) is 0 Å². The minimum atomic E-state index is -0.376. The van der Waals surface area contributed by atoms with Gasteiger partial charge in [0.15, 0.2) is 0 Å². The summed E-state index contributed by atoms with van der Waals surface area (Å²) in [5.41, 5.74) is 6.18. The molecule has 36 heavy (non-hydrogen) atoms. The van der Waals surface area contributed by atoms with Crippen LogP contribution in [0.2, 0.25) is 0 Å². The summed E-state index contributed by atoms with van der Waals surface area (Å²) in [4.78, 5) is 24.4. The largest absolute Gasteiger partial charge is 0.385 e. The molecule has 3 N–H and O–H groups in total. The van der Waals surface area contributed by atoms with Crippen LogP contribution in [-0.4, -0.2) is 18.4 Å². The Balaban J connectivity index is 1.20. The zero-order valence-corrected chi connectivity index (χ0v) is 20.4. The average molecular weight is 484 g/mol. The molecular weight excluding hydrogens is 453 g/mol. The van der Waals surface area contributed by atoms with Crippen molar-refractivity contribution in [2.75, 3.05) is 17.2 Å². The lowest BCUT2D eigenvalue weighted by Gasteiger charge is -2.11. The van der Waals surface area contributed by atoms with Gasteiger partial charge in [-0.1, -0.05) is 55.5 Å². The molecule has 1 aliphatic rings. The third-order valence-electron chi connectivity index (χ3n) is 6.17. The molecule has 0 atom stereocenters. The van der Waals surface area contributed by atoms with Gasteiger partial charge in [-0.15, -0.1) is 0 Å². The summed E-state index contributed by atoms with van der Waals surface area (Å²) >= 11 is 0. The molecule has 3 aromatic rings. The molecule has 1 heterocycles. The Morgan fingerprint density at radius 3 is 2.58 bits per heavy atom. The van der Waals surface area contributed by atoms with E-state index < -0.39 is 0 Å². The maximum absolute atomic E-state index is 13.6. The molecule has 0 spiro atoms. The van der Waals surface area contributed by atoms with Crippen molar-refractivity contribution in [3.05, 3.63) is 101 Å². The van der Waals surface area contributed by atoms with Crippen LogP contribution in [0.4, 0.5) is 15.8 Å². The first-order valence-corrected chi connectivity index (χ1v) is 12.1. The molecule has 0 bridgehead atoms. The number of anilines is 2. The lowest BCUT2D eigenvalue weighted by molar-refractivity contribution is -0.116. The molecule has 6 heteroatoms. The van der Waals surface area contributed by atoms with Crippen LogP contribution in [0.15, 0.2) is 73.3 Å². The second-order valence-corrected chi connectivity index (χ2v) is 8.90. The van der Waals surface area contributed by atoms with Crippen molar-refractivity contribution in [2.24, 2.45) is 0 Å². The third kappa shape index (κ3) is 6.27. The normalized spacial score (nSPS) is 13.3. The van der Waals surface area contributed by atoms with Crippen LogP contribution < -0.4 is 16.0 Å². The van der Waals surface area contributed by atoms with Crippen molar-refractivity contribution >= 4 is 40.5 Å². The number of para-hydroxylation sites is 1. The molecule has 0 saturated carbocycles. The van der Waals surface area contributed by atoms with Gasteiger partial charge in [0.1, 0.15) is 5.82 Å².